The Morgan fingerprint density at radius 2 is 2.22 bits per heavy atom. The maximum Gasteiger partial charge on any atom is 0.0814 e. The molecule has 100 valence electrons. The first-order valence-corrected chi connectivity index (χ1v) is 7.03. The van der Waals surface area contributed by atoms with Crippen molar-refractivity contribution in [3.05, 3.63) is 35.4 Å². The van der Waals surface area contributed by atoms with E-state index in [-0.39, 0.29) is 12.2 Å². The van der Waals surface area contributed by atoms with Gasteiger partial charge in [-0.25, -0.2) is 0 Å². The summed E-state index contributed by atoms with van der Waals surface area (Å²) in [7, 11) is 0. The summed E-state index contributed by atoms with van der Waals surface area (Å²) < 4.78 is 5.58. The third-order valence-electron chi connectivity index (χ3n) is 3.49. The lowest BCUT2D eigenvalue weighted by Gasteiger charge is -2.16. The predicted octanol–water partition coefficient (Wildman–Crippen LogP) is 3.49. The van der Waals surface area contributed by atoms with Crippen molar-refractivity contribution in [1.82, 2.24) is 0 Å². The summed E-state index contributed by atoms with van der Waals surface area (Å²) in [6.07, 6.45) is 3.87. The summed E-state index contributed by atoms with van der Waals surface area (Å²) in [6, 6.07) is 8.34. The van der Waals surface area contributed by atoms with Gasteiger partial charge in [0.15, 0.2) is 0 Å². The third kappa shape index (κ3) is 3.82. The molecular weight excluding hydrogens is 224 g/mol. The molecule has 0 bridgehead atoms. The summed E-state index contributed by atoms with van der Waals surface area (Å²) in [5, 5.41) is 10.3. The lowest BCUT2D eigenvalue weighted by Crippen LogP contribution is -2.11. The zero-order chi connectivity index (χ0) is 13.0. The second-order valence-corrected chi connectivity index (χ2v) is 5.73. The van der Waals surface area contributed by atoms with Gasteiger partial charge >= 0.3 is 0 Å². The molecule has 2 rings (SSSR count). The molecule has 0 amide bonds. The molecule has 2 heteroatoms. The molecule has 0 aromatic heterocycles. The summed E-state index contributed by atoms with van der Waals surface area (Å²) in [6.45, 7) is 5.29. The van der Waals surface area contributed by atoms with Crippen LogP contribution in [0.3, 0.4) is 0 Å². The lowest BCUT2D eigenvalue weighted by molar-refractivity contribution is 0.0535. The normalized spacial score (nSPS) is 21.4. The SMILES string of the molecule is CC(C)Cc1cccc(C(O)CC2CCCO2)c1. The van der Waals surface area contributed by atoms with Gasteiger partial charge < -0.3 is 9.84 Å². The smallest absolute Gasteiger partial charge is 0.0814 e. The summed E-state index contributed by atoms with van der Waals surface area (Å²) in [4.78, 5) is 0. The standard InChI is InChI=1S/C16H24O2/c1-12(2)9-13-5-3-6-14(10-13)16(17)11-15-7-4-8-18-15/h3,5-6,10,12,15-17H,4,7-9,11H2,1-2H3. The molecule has 1 heterocycles. The van der Waals surface area contributed by atoms with Crippen molar-refractivity contribution >= 4 is 0 Å². The molecule has 0 saturated carbocycles. The van der Waals surface area contributed by atoms with Gasteiger partial charge in [-0.15, -0.1) is 0 Å². The Morgan fingerprint density at radius 3 is 2.89 bits per heavy atom. The van der Waals surface area contributed by atoms with Gasteiger partial charge in [-0.2, -0.15) is 0 Å². The quantitative estimate of drug-likeness (QED) is 0.864. The van der Waals surface area contributed by atoms with E-state index in [1.54, 1.807) is 0 Å². The minimum Gasteiger partial charge on any atom is -0.388 e. The molecular formula is C16H24O2. The van der Waals surface area contributed by atoms with Gasteiger partial charge in [0, 0.05) is 13.0 Å². The molecule has 1 aromatic rings. The Bertz CT molecular complexity index is 367. The number of rotatable bonds is 5. The Hall–Kier alpha value is -0.860. The van der Waals surface area contributed by atoms with Gasteiger partial charge in [-0.1, -0.05) is 38.1 Å². The minimum absolute atomic E-state index is 0.244. The Balaban J connectivity index is 1.98. The van der Waals surface area contributed by atoms with Crippen LogP contribution in [0.2, 0.25) is 0 Å². The van der Waals surface area contributed by atoms with Crippen LogP contribution in [0.15, 0.2) is 24.3 Å². The van der Waals surface area contributed by atoms with Crippen molar-refractivity contribution in [2.75, 3.05) is 6.61 Å². The minimum atomic E-state index is -0.389. The van der Waals surface area contributed by atoms with Gasteiger partial charge in [-0.3, -0.25) is 0 Å². The fraction of sp³-hybridized carbons (Fsp3) is 0.625. The molecule has 1 N–H and O–H groups in total. The molecule has 0 spiro atoms. The fourth-order valence-electron chi connectivity index (χ4n) is 2.61. The average Bonchev–Trinajstić information content (AvgIpc) is 2.81. The van der Waals surface area contributed by atoms with Crippen LogP contribution in [0.1, 0.15) is 50.3 Å². The van der Waals surface area contributed by atoms with Crippen molar-refractivity contribution in [3.8, 4) is 0 Å². The number of aliphatic hydroxyl groups is 1. The fourth-order valence-corrected chi connectivity index (χ4v) is 2.61. The zero-order valence-electron chi connectivity index (χ0n) is 11.4. The highest BCUT2D eigenvalue weighted by molar-refractivity contribution is 5.25. The molecule has 0 radical (unpaired) electrons. The van der Waals surface area contributed by atoms with Crippen LogP contribution in [-0.2, 0) is 11.2 Å². The van der Waals surface area contributed by atoms with E-state index in [1.165, 1.54) is 5.56 Å². The molecule has 0 aliphatic carbocycles. The first-order valence-electron chi connectivity index (χ1n) is 7.03. The maximum atomic E-state index is 10.3. The van der Waals surface area contributed by atoms with E-state index in [2.05, 4.69) is 26.0 Å². The number of hydrogen-bond acceptors (Lipinski definition) is 2. The Morgan fingerprint density at radius 1 is 1.39 bits per heavy atom. The van der Waals surface area contributed by atoms with E-state index in [9.17, 15) is 5.11 Å². The van der Waals surface area contributed by atoms with Gasteiger partial charge in [0.1, 0.15) is 0 Å². The summed E-state index contributed by atoms with van der Waals surface area (Å²) in [5.41, 5.74) is 2.34. The molecule has 1 saturated heterocycles. The maximum absolute atomic E-state index is 10.3. The van der Waals surface area contributed by atoms with Crippen molar-refractivity contribution in [1.29, 1.82) is 0 Å². The molecule has 1 aliphatic rings. The van der Waals surface area contributed by atoms with Gasteiger partial charge in [-0.05, 0) is 36.3 Å². The van der Waals surface area contributed by atoms with Crippen molar-refractivity contribution in [3.63, 3.8) is 0 Å². The summed E-state index contributed by atoms with van der Waals surface area (Å²) in [5.74, 6) is 0.649. The highest BCUT2D eigenvalue weighted by atomic mass is 16.5. The lowest BCUT2D eigenvalue weighted by atomic mass is 9.97. The van der Waals surface area contributed by atoms with Crippen LogP contribution in [0.25, 0.3) is 0 Å². The molecule has 2 unspecified atom stereocenters. The molecule has 2 atom stereocenters. The third-order valence-corrected chi connectivity index (χ3v) is 3.49. The zero-order valence-corrected chi connectivity index (χ0v) is 11.4. The van der Waals surface area contributed by atoms with Gasteiger partial charge in [0.25, 0.3) is 0 Å². The van der Waals surface area contributed by atoms with Gasteiger partial charge in [0.2, 0.25) is 0 Å². The second kappa shape index (κ2) is 6.35. The number of hydrogen-bond donors (Lipinski definition) is 1. The molecule has 1 aromatic carbocycles. The van der Waals surface area contributed by atoms with Crippen molar-refractivity contribution in [2.45, 2.75) is 51.7 Å². The van der Waals surface area contributed by atoms with Gasteiger partial charge in [0.05, 0.1) is 12.2 Å². The first-order chi connectivity index (χ1) is 8.65. The van der Waals surface area contributed by atoms with E-state index < -0.39 is 0 Å². The van der Waals surface area contributed by atoms with Crippen LogP contribution >= 0.6 is 0 Å². The number of benzene rings is 1. The van der Waals surface area contributed by atoms with Crippen LogP contribution in [0, 0.1) is 5.92 Å². The predicted molar refractivity (Wildman–Crippen MR) is 73.5 cm³/mol. The number of ether oxygens (including phenoxy) is 1. The highest BCUT2D eigenvalue weighted by Crippen LogP contribution is 2.25. The largest absolute Gasteiger partial charge is 0.388 e. The van der Waals surface area contributed by atoms with E-state index in [0.717, 1.165) is 37.9 Å². The topological polar surface area (TPSA) is 29.5 Å². The summed E-state index contributed by atoms with van der Waals surface area (Å²) >= 11 is 0. The van der Waals surface area contributed by atoms with Crippen LogP contribution < -0.4 is 0 Å². The molecule has 1 aliphatic heterocycles. The van der Waals surface area contributed by atoms with Crippen LogP contribution in [0.4, 0.5) is 0 Å². The monoisotopic (exact) mass is 248 g/mol. The molecule has 18 heavy (non-hydrogen) atoms. The average molecular weight is 248 g/mol. The first kappa shape index (κ1) is 13.6. The van der Waals surface area contributed by atoms with E-state index in [0.29, 0.717) is 5.92 Å². The number of aliphatic hydroxyl groups excluding tert-OH is 1. The second-order valence-electron chi connectivity index (χ2n) is 5.73. The van der Waals surface area contributed by atoms with E-state index >= 15 is 0 Å². The van der Waals surface area contributed by atoms with E-state index in [1.807, 2.05) is 12.1 Å². The molecule has 1 fully saturated rings. The van der Waals surface area contributed by atoms with Crippen molar-refractivity contribution < 1.29 is 9.84 Å². The van der Waals surface area contributed by atoms with E-state index in [4.69, 9.17) is 4.74 Å². The Kier molecular flexibility index (Phi) is 4.79. The van der Waals surface area contributed by atoms with Crippen LogP contribution in [0.5, 0.6) is 0 Å². The van der Waals surface area contributed by atoms with Crippen LogP contribution in [-0.4, -0.2) is 17.8 Å². The molecule has 2 nitrogen and oxygen atoms in total. The van der Waals surface area contributed by atoms with Crippen molar-refractivity contribution in [2.24, 2.45) is 5.92 Å². The highest BCUT2D eigenvalue weighted by Gasteiger charge is 2.20. The Labute approximate surface area is 110 Å².